The second-order valence-corrected chi connectivity index (χ2v) is 10.3. The Morgan fingerprint density at radius 3 is 2.38 bits per heavy atom. The highest BCUT2D eigenvalue weighted by atomic mass is 16.6. The van der Waals surface area contributed by atoms with Crippen LogP contribution >= 0.6 is 0 Å². The third-order valence-corrected chi connectivity index (χ3v) is 7.19. The lowest BCUT2D eigenvalue weighted by atomic mass is 9.86. The number of rotatable bonds is 17. The molecule has 3 rings (SSSR count). The van der Waals surface area contributed by atoms with Crippen LogP contribution in [-0.2, 0) is 22.4 Å². The van der Waals surface area contributed by atoms with Crippen LogP contribution in [0, 0.1) is 0 Å². The molecule has 0 fully saturated rings. The highest BCUT2D eigenvalue weighted by Crippen LogP contribution is 2.39. The molecule has 220 valence electrons. The van der Waals surface area contributed by atoms with Crippen molar-refractivity contribution in [2.75, 3.05) is 39.9 Å². The maximum Gasteiger partial charge on any atom is 0.308 e. The molecule has 0 spiro atoms. The Balaban J connectivity index is 1.39. The number of unbranched alkanes of at least 4 members (excludes halogenated alkanes) is 3. The fraction of sp³-hybridized carbons (Fsp3) is 0.562. The molecular formula is C32H46N2O6. The third kappa shape index (κ3) is 9.82. The zero-order chi connectivity index (χ0) is 28.7. The van der Waals surface area contributed by atoms with Gasteiger partial charge in [0.05, 0.1) is 7.11 Å². The van der Waals surface area contributed by atoms with Crippen LogP contribution in [-0.4, -0.2) is 62.8 Å². The summed E-state index contributed by atoms with van der Waals surface area (Å²) in [6, 6.07) is 11.9. The first-order chi connectivity index (χ1) is 19.4. The van der Waals surface area contributed by atoms with Crippen LogP contribution in [0.2, 0.25) is 0 Å². The van der Waals surface area contributed by atoms with Gasteiger partial charge in [-0.05, 0) is 81.9 Å². The lowest BCUT2D eigenvalue weighted by Crippen LogP contribution is -2.40. The topological polar surface area (TPSA) is 86.3 Å². The zero-order valence-electron chi connectivity index (χ0n) is 24.6. The number of carbonyl (C=O) groups is 2. The first-order valence-electron chi connectivity index (χ1n) is 14.6. The summed E-state index contributed by atoms with van der Waals surface area (Å²) in [5.74, 6) is 1.43. The number of esters is 2. The quantitative estimate of drug-likeness (QED) is 0.159. The summed E-state index contributed by atoms with van der Waals surface area (Å²) in [5, 5.41) is 3.47. The number of nitrogens with one attached hydrogen (secondary N) is 1. The number of hydrogen-bond donors (Lipinski definition) is 1. The normalized spacial score (nSPS) is 14.5. The molecule has 0 radical (unpaired) electrons. The summed E-state index contributed by atoms with van der Waals surface area (Å²) in [6.07, 6.45) is 8.58. The summed E-state index contributed by atoms with van der Waals surface area (Å²) in [7, 11) is 1.65. The molecule has 1 aliphatic carbocycles. The summed E-state index contributed by atoms with van der Waals surface area (Å²) in [6.45, 7) is 9.56. The molecule has 2 aromatic carbocycles. The average Bonchev–Trinajstić information content (AvgIpc) is 2.94. The van der Waals surface area contributed by atoms with Gasteiger partial charge in [0.15, 0.2) is 23.0 Å². The molecule has 0 aliphatic heterocycles. The zero-order valence-corrected chi connectivity index (χ0v) is 24.6. The van der Waals surface area contributed by atoms with Gasteiger partial charge in [-0.25, -0.2) is 0 Å². The number of nitrogens with zero attached hydrogens (tertiary/aromatic N) is 1. The predicted octanol–water partition coefficient (Wildman–Crippen LogP) is 5.34. The fourth-order valence-electron chi connectivity index (χ4n) is 5.36. The van der Waals surface area contributed by atoms with Crippen molar-refractivity contribution in [2.24, 2.45) is 0 Å². The molecule has 8 nitrogen and oxygen atoms in total. The minimum absolute atomic E-state index is 0.323. The van der Waals surface area contributed by atoms with Gasteiger partial charge in [-0.1, -0.05) is 38.0 Å². The number of para-hydroxylation sites is 2. The minimum atomic E-state index is -0.426. The van der Waals surface area contributed by atoms with E-state index in [-0.39, 0.29) is 0 Å². The highest BCUT2D eigenvalue weighted by molar-refractivity contribution is 5.75. The van der Waals surface area contributed by atoms with Gasteiger partial charge in [0, 0.05) is 32.0 Å². The van der Waals surface area contributed by atoms with Gasteiger partial charge in [0.2, 0.25) is 0 Å². The first kappa shape index (κ1) is 31.4. The second-order valence-electron chi connectivity index (χ2n) is 10.3. The van der Waals surface area contributed by atoms with Gasteiger partial charge >= 0.3 is 11.9 Å². The van der Waals surface area contributed by atoms with Gasteiger partial charge < -0.3 is 29.2 Å². The van der Waals surface area contributed by atoms with Gasteiger partial charge in [-0.3, -0.25) is 9.59 Å². The van der Waals surface area contributed by atoms with Gasteiger partial charge in [-0.2, -0.15) is 0 Å². The standard InChI is InChI=1S/C32H46N2O6/c1-5-20-34(21-11-7-6-10-18-33-19-22-38-30-13-9-8-12-29(30)37-4)27-15-16-28-26(23-27)14-17-31(39-24(2)35)32(28)40-25(3)36/h8-9,12-14,17,27,33H,5-7,10-11,15-16,18-23H2,1-4H3/t27-/m0/s1. The Bertz CT molecular complexity index is 1090. The smallest absolute Gasteiger partial charge is 0.308 e. The molecule has 0 heterocycles. The van der Waals surface area contributed by atoms with Crippen molar-refractivity contribution in [3.8, 4) is 23.0 Å². The highest BCUT2D eigenvalue weighted by Gasteiger charge is 2.28. The van der Waals surface area contributed by atoms with E-state index in [4.69, 9.17) is 18.9 Å². The van der Waals surface area contributed by atoms with Crippen molar-refractivity contribution in [1.29, 1.82) is 0 Å². The van der Waals surface area contributed by atoms with Crippen LogP contribution < -0.4 is 24.3 Å². The summed E-state index contributed by atoms with van der Waals surface area (Å²) in [4.78, 5) is 25.9. The Labute approximate surface area is 239 Å². The first-order valence-corrected chi connectivity index (χ1v) is 14.6. The molecule has 1 atom stereocenters. The largest absolute Gasteiger partial charge is 0.493 e. The second kappa shape index (κ2) is 16.9. The fourth-order valence-corrected chi connectivity index (χ4v) is 5.36. The molecule has 8 heteroatoms. The average molecular weight is 555 g/mol. The van der Waals surface area contributed by atoms with E-state index in [1.807, 2.05) is 30.3 Å². The Hall–Kier alpha value is -3.10. The van der Waals surface area contributed by atoms with Crippen LogP contribution in [0.25, 0.3) is 0 Å². The maximum atomic E-state index is 11.7. The van der Waals surface area contributed by atoms with Crippen molar-refractivity contribution in [3.05, 3.63) is 47.5 Å². The van der Waals surface area contributed by atoms with Crippen molar-refractivity contribution < 1.29 is 28.5 Å². The van der Waals surface area contributed by atoms with Gasteiger partial charge in [0.1, 0.15) is 6.61 Å². The summed E-state index contributed by atoms with van der Waals surface area (Å²) in [5.41, 5.74) is 2.16. The van der Waals surface area contributed by atoms with Crippen LogP contribution in [0.5, 0.6) is 23.0 Å². The van der Waals surface area contributed by atoms with Crippen molar-refractivity contribution in [1.82, 2.24) is 10.2 Å². The molecule has 40 heavy (non-hydrogen) atoms. The number of hydrogen-bond acceptors (Lipinski definition) is 8. The number of ether oxygens (including phenoxy) is 4. The Morgan fingerprint density at radius 2 is 1.65 bits per heavy atom. The monoisotopic (exact) mass is 554 g/mol. The SMILES string of the molecule is CCCN(CCCCCCNCCOc1ccccc1OC)[C@H]1CCc2c(ccc(OC(C)=O)c2OC(C)=O)C1. The molecule has 0 unspecified atom stereocenters. The Morgan fingerprint density at radius 1 is 0.900 bits per heavy atom. The third-order valence-electron chi connectivity index (χ3n) is 7.19. The minimum Gasteiger partial charge on any atom is -0.493 e. The molecule has 2 aromatic rings. The molecule has 0 saturated heterocycles. The van der Waals surface area contributed by atoms with E-state index < -0.39 is 11.9 Å². The van der Waals surface area contributed by atoms with Gasteiger partial charge in [-0.15, -0.1) is 0 Å². The lowest BCUT2D eigenvalue weighted by Gasteiger charge is -2.35. The maximum absolute atomic E-state index is 11.7. The van der Waals surface area contributed by atoms with Crippen LogP contribution in [0.4, 0.5) is 0 Å². The van der Waals surface area contributed by atoms with E-state index in [9.17, 15) is 9.59 Å². The van der Waals surface area contributed by atoms with E-state index in [1.54, 1.807) is 13.2 Å². The van der Waals surface area contributed by atoms with Crippen molar-refractivity contribution >= 4 is 11.9 Å². The van der Waals surface area contributed by atoms with E-state index in [0.717, 1.165) is 75.3 Å². The lowest BCUT2D eigenvalue weighted by molar-refractivity contribution is -0.134. The number of benzene rings is 2. The molecule has 1 N–H and O–H groups in total. The molecular weight excluding hydrogens is 508 g/mol. The van der Waals surface area contributed by atoms with E-state index in [2.05, 4.69) is 17.1 Å². The molecule has 0 amide bonds. The molecule has 1 aliphatic rings. The number of methoxy groups -OCH3 is 1. The van der Waals surface area contributed by atoms with Crippen LogP contribution in [0.1, 0.15) is 70.4 Å². The molecule has 0 saturated carbocycles. The van der Waals surface area contributed by atoms with Crippen LogP contribution in [0.15, 0.2) is 36.4 Å². The number of fused-ring (bicyclic) bond motifs is 1. The van der Waals surface area contributed by atoms with E-state index in [1.165, 1.54) is 38.7 Å². The van der Waals surface area contributed by atoms with Gasteiger partial charge in [0.25, 0.3) is 0 Å². The van der Waals surface area contributed by atoms with E-state index in [0.29, 0.717) is 24.1 Å². The number of carbonyl (C=O) groups excluding carboxylic acids is 2. The van der Waals surface area contributed by atoms with Crippen molar-refractivity contribution in [3.63, 3.8) is 0 Å². The predicted molar refractivity (Wildman–Crippen MR) is 157 cm³/mol. The van der Waals surface area contributed by atoms with Crippen molar-refractivity contribution in [2.45, 2.75) is 78.2 Å². The molecule has 0 bridgehead atoms. The summed E-state index contributed by atoms with van der Waals surface area (Å²) < 4.78 is 22.0. The van der Waals surface area contributed by atoms with E-state index >= 15 is 0 Å². The summed E-state index contributed by atoms with van der Waals surface area (Å²) >= 11 is 0. The Kier molecular flexibility index (Phi) is 13.3. The molecule has 0 aromatic heterocycles. The van der Waals surface area contributed by atoms with Crippen LogP contribution in [0.3, 0.4) is 0 Å².